The van der Waals surface area contributed by atoms with Crippen LogP contribution in [0.3, 0.4) is 0 Å². The van der Waals surface area contributed by atoms with Crippen molar-refractivity contribution >= 4 is 11.2 Å². The van der Waals surface area contributed by atoms with Crippen LogP contribution in [0.2, 0.25) is 0 Å². The van der Waals surface area contributed by atoms with Gasteiger partial charge in [0.25, 0.3) is 0 Å². The average molecular weight is 504 g/mol. The maximum absolute atomic E-state index is 6.04. The predicted octanol–water partition coefficient (Wildman–Crippen LogP) is 4.82. The standard InChI is InChI=1S/C30H41N5O2/c1-22(2)32-14-11-25(12-15-32)23-4-6-24(7-5-23)26-20-29-28(10-13-31-35(29)21-26)33-16-18-34(19-17-33)30(36-3)37-27-8-9-27/h4-7,10,13,20-22,25,27,30H,8-9,11-12,14-19H2,1-3H3. The molecular formula is C30H41N5O2. The summed E-state index contributed by atoms with van der Waals surface area (Å²) in [4.78, 5) is 7.37. The first kappa shape index (κ1) is 24.9. The van der Waals surface area contributed by atoms with Crippen molar-refractivity contribution in [2.45, 2.75) is 64.0 Å². The Balaban J connectivity index is 1.14. The molecule has 3 aromatic rings. The minimum absolute atomic E-state index is 0.224. The molecule has 0 spiro atoms. The van der Waals surface area contributed by atoms with Crippen LogP contribution in [0.15, 0.2) is 48.8 Å². The van der Waals surface area contributed by atoms with Crippen LogP contribution in [0.25, 0.3) is 16.6 Å². The highest BCUT2D eigenvalue weighted by Crippen LogP contribution is 2.33. The summed E-state index contributed by atoms with van der Waals surface area (Å²) in [5, 5.41) is 4.63. The normalized spacial score (nSPS) is 21.2. The molecule has 2 aliphatic heterocycles. The molecule has 1 atom stereocenters. The van der Waals surface area contributed by atoms with Gasteiger partial charge in [-0.2, -0.15) is 5.10 Å². The molecule has 3 aliphatic rings. The molecule has 1 unspecified atom stereocenters. The molecule has 2 aromatic heterocycles. The molecule has 0 radical (unpaired) electrons. The van der Waals surface area contributed by atoms with E-state index in [9.17, 15) is 0 Å². The summed E-state index contributed by atoms with van der Waals surface area (Å²) in [5.41, 5.74) is 6.36. The van der Waals surface area contributed by atoms with Crippen molar-refractivity contribution in [3.63, 3.8) is 0 Å². The fourth-order valence-electron chi connectivity index (χ4n) is 5.96. The van der Waals surface area contributed by atoms with Crippen LogP contribution in [0, 0.1) is 0 Å². The number of piperidine rings is 1. The number of anilines is 1. The van der Waals surface area contributed by atoms with E-state index in [1.54, 1.807) is 7.11 Å². The van der Waals surface area contributed by atoms with Gasteiger partial charge in [-0.25, -0.2) is 4.52 Å². The first-order chi connectivity index (χ1) is 18.1. The Morgan fingerprint density at radius 1 is 0.838 bits per heavy atom. The first-order valence-electron chi connectivity index (χ1n) is 14.1. The van der Waals surface area contributed by atoms with Crippen molar-refractivity contribution in [2.75, 3.05) is 51.3 Å². The van der Waals surface area contributed by atoms with Gasteiger partial charge in [0.05, 0.1) is 17.3 Å². The number of nitrogens with zero attached hydrogens (tertiary/aromatic N) is 5. The topological polar surface area (TPSA) is 45.5 Å². The Hall–Kier alpha value is -2.45. The maximum atomic E-state index is 6.04. The second-order valence-corrected chi connectivity index (χ2v) is 11.2. The Morgan fingerprint density at radius 3 is 2.22 bits per heavy atom. The van der Waals surface area contributed by atoms with E-state index < -0.39 is 0 Å². The van der Waals surface area contributed by atoms with Gasteiger partial charge in [0.1, 0.15) is 0 Å². The van der Waals surface area contributed by atoms with E-state index in [0.29, 0.717) is 18.1 Å². The Labute approximate surface area is 220 Å². The van der Waals surface area contributed by atoms with Crippen LogP contribution >= 0.6 is 0 Å². The third-order valence-electron chi connectivity index (χ3n) is 8.45. The van der Waals surface area contributed by atoms with Gasteiger partial charge >= 0.3 is 0 Å². The fourth-order valence-corrected chi connectivity index (χ4v) is 5.96. The van der Waals surface area contributed by atoms with Gasteiger partial charge in [-0.3, -0.25) is 4.90 Å². The minimum Gasteiger partial charge on any atom is -0.367 e. The second-order valence-electron chi connectivity index (χ2n) is 11.2. The maximum Gasteiger partial charge on any atom is 0.218 e. The average Bonchev–Trinajstić information content (AvgIpc) is 3.66. The van der Waals surface area contributed by atoms with Crippen molar-refractivity contribution < 1.29 is 9.47 Å². The molecule has 37 heavy (non-hydrogen) atoms. The molecule has 0 bridgehead atoms. The van der Waals surface area contributed by atoms with Crippen LogP contribution in [0.5, 0.6) is 0 Å². The number of methoxy groups -OCH3 is 1. The zero-order valence-corrected chi connectivity index (χ0v) is 22.6. The molecular weight excluding hydrogens is 462 g/mol. The van der Waals surface area contributed by atoms with Crippen LogP contribution in [0.4, 0.5) is 5.69 Å². The second kappa shape index (κ2) is 10.7. The van der Waals surface area contributed by atoms with Crippen molar-refractivity contribution in [1.82, 2.24) is 19.4 Å². The number of aromatic nitrogens is 2. The summed E-state index contributed by atoms with van der Waals surface area (Å²) in [7, 11) is 1.75. The summed E-state index contributed by atoms with van der Waals surface area (Å²) >= 11 is 0. The zero-order chi connectivity index (χ0) is 25.4. The third kappa shape index (κ3) is 5.41. The number of fused-ring (bicyclic) bond motifs is 1. The SMILES string of the molecule is COC(OC1CC1)N1CCN(c2ccnn3cc(-c4ccc(C5CCN(C(C)C)CC5)cc4)cc23)CC1. The van der Waals surface area contributed by atoms with E-state index in [-0.39, 0.29) is 6.41 Å². The van der Waals surface area contributed by atoms with Crippen molar-refractivity contribution in [2.24, 2.45) is 0 Å². The summed E-state index contributed by atoms with van der Waals surface area (Å²) in [6.45, 7) is 10.7. The highest BCUT2D eigenvalue weighted by atomic mass is 16.7. The quantitative estimate of drug-likeness (QED) is 0.411. The van der Waals surface area contributed by atoms with E-state index >= 15 is 0 Å². The summed E-state index contributed by atoms with van der Waals surface area (Å²) in [6.07, 6.45) is 9.07. The molecule has 1 aliphatic carbocycles. The van der Waals surface area contributed by atoms with E-state index in [0.717, 1.165) is 44.5 Å². The Morgan fingerprint density at radius 2 is 1.57 bits per heavy atom. The molecule has 0 amide bonds. The van der Waals surface area contributed by atoms with Gasteiger partial charge in [-0.15, -0.1) is 0 Å². The molecule has 6 rings (SSSR count). The largest absolute Gasteiger partial charge is 0.367 e. The number of likely N-dealkylation sites (tertiary alicyclic amines) is 1. The summed E-state index contributed by atoms with van der Waals surface area (Å²) in [5.74, 6) is 0.677. The molecule has 3 fully saturated rings. The van der Waals surface area contributed by atoms with Gasteiger partial charge in [0.2, 0.25) is 6.41 Å². The molecule has 7 heteroatoms. The lowest BCUT2D eigenvalue weighted by atomic mass is 9.88. The van der Waals surface area contributed by atoms with Gasteiger partial charge in [-0.05, 0) is 81.8 Å². The minimum atomic E-state index is -0.224. The van der Waals surface area contributed by atoms with Gasteiger partial charge in [0.15, 0.2) is 0 Å². The predicted molar refractivity (Wildman–Crippen MR) is 148 cm³/mol. The number of hydrogen-bond acceptors (Lipinski definition) is 6. The monoisotopic (exact) mass is 503 g/mol. The lowest BCUT2D eigenvalue weighted by Gasteiger charge is -2.39. The van der Waals surface area contributed by atoms with Gasteiger partial charge in [-0.1, -0.05) is 24.3 Å². The smallest absolute Gasteiger partial charge is 0.218 e. The molecule has 1 saturated carbocycles. The third-order valence-corrected chi connectivity index (χ3v) is 8.45. The lowest BCUT2D eigenvalue weighted by molar-refractivity contribution is -0.217. The molecule has 1 aromatic carbocycles. The fraction of sp³-hybridized carbons (Fsp3) is 0.567. The number of ether oxygens (including phenoxy) is 2. The van der Waals surface area contributed by atoms with E-state index in [1.165, 1.54) is 48.3 Å². The highest BCUT2D eigenvalue weighted by molar-refractivity contribution is 5.80. The van der Waals surface area contributed by atoms with E-state index in [2.05, 4.69) is 76.2 Å². The van der Waals surface area contributed by atoms with Crippen molar-refractivity contribution in [3.05, 3.63) is 54.4 Å². The molecule has 2 saturated heterocycles. The van der Waals surface area contributed by atoms with Gasteiger partial charge < -0.3 is 19.3 Å². The zero-order valence-electron chi connectivity index (χ0n) is 22.6. The Bertz CT molecular complexity index is 1170. The highest BCUT2D eigenvalue weighted by Gasteiger charge is 2.31. The van der Waals surface area contributed by atoms with Gasteiger partial charge in [0, 0.05) is 57.3 Å². The van der Waals surface area contributed by atoms with E-state index in [4.69, 9.17) is 9.47 Å². The molecule has 198 valence electrons. The number of rotatable bonds is 8. The molecule has 0 N–H and O–H groups in total. The molecule has 4 heterocycles. The summed E-state index contributed by atoms with van der Waals surface area (Å²) < 4.78 is 13.7. The number of benzene rings is 1. The van der Waals surface area contributed by atoms with Crippen molar-refractivity contribution in [1.29, 1.82) is 0 Å². The number of hydrogen-bond donors (Lipinski definition) is 0. The van der Waals surface area contributed by atoms with Crippen LogP contribution in [0.1, 0.15) is 51.0 Å². The van der Waals surface area contributed by atoms with Crippen molar-refractivity contribution in [3.8, 4) is 11.1 Å². The van der Waals surface area contributed by atoms with Crippen LogP contribution in [-0.2, 0) is 9.47 Å². The van der Waals surface area contributed by atoms with E-state index in [1.807, 2.05) is 10.7 Å². The Kier molecular flexibility index (Phi) is 7.21. The number of piperazine rings is 1. The van der Waals surface area contributed by atoms with Crippen LogP contribution in [-0.4, -0.2) is 84.4 Å². The van der Waals surface area contributed by atoms with Crippen LogP contribution < -0.4 is 4.90 Å². The summed E-state index contributed by atoms with van der Waals surface area (Å²) in [6, 6.07) is 14.4. The lowest BCUT2D eigenvalue weighted by Crippen LogP contribution is -2.52. The molecule has 7 nitrogen and oxygen atoms in total. The first-order valence-corrected chi connectivity index (χ1v) is 14.1.